The van der Waals surface area contributed by atoms with Gasteiger partial charge in [-0.3, -0.25) is 4.79 Å². The molecule has 5 rings (SSSR count). The first kappa shape index (κ1) is 27.1. The smallest absolute Gasteiger partial charge is 0.227 e. The van der Waals surface area contributed by atoms with E-state index < -0.39 is 11.4 Å². The van der Waals surface area contributed by atoms with Crippen LogP contribution in [0.4, 0.5) is 10.1 Å². The van der Waals surface area contributed by atoms with E-state index in [9.17, 15) is 14.3 Å². The summed E-state index contributed by atoms with van der Waals surface area (Å²) in [4.78, 5) is 12.7. The molecule has 2 atom stereocenters. The van der Waals surface area contributed by atoms with E-state index in [0.717, 1.165) is 55.5 Å². The SMILES string of the molecule is CC[C@@](O)(Cn1nncc1CCCCC1Cc2cccc(OC)c2NC1=O)c1ccc(F)c(OCC2CC2)c1. The Kier molecular flexibility index (Phi) is 8.16. The zero-order valence-electron chi connectivity index (χ0n) is 22.7. The molecule has 1 aliphatic carbocycles. The Morgan fingerprint density at radius 2 is 2.05 bits per heavy atom. The molecule has 1 saturated carbocycles. The number of halogens is 1. The van der Waals surface area contributed by atoms with E-state index in [1.54, 1.807) is 30.1 Å². The van der Waals surface area contributed by atoms with Gasteiger partial charge in [0.15, 0.2) is 11.6 Å². The fraction of sp³-hybridized carbons (Fsp3) is 0.500. The van der Waals surface area contributed by atoms with Gasteiger partial charge in [0.1, 0.15) is 11.4 Å². The van der Waals surface area contributed by atoms with Gasteiger partial charge < -0.3 is 19.9 Å². The highest BCUT2D eigenvalue weighted by atomic mass is 19.1. The maximum absolute atomic E-state index is 14.3. The van der Waals surface area contributed by atoms with Crippen molar-refractivity contribution in [3.05, 3.63) is 65.2 Å². The average molecular weight is 537 g/mol. The number of carbonyl (C=O) groups is 1. The summed E-state index contributed by atoms with van der Waals surface area (Å²) in [6.45, 7) is 2.60. The number of aromatic nitrogens is 3. The number of hydrogen-bond acceptors (Lipinski definition) is 6. The molecule has 2 aliphatic rings. The maximum Gasteiger partial charge on any atom is 0.227 e. The van der Waals surface area contributed by atoms with Crippen molar-refractivity contribution in [3.8, 4) is 11.5 Å². The van der Waals surface area contributed by atoms with Gasteiger partial charge in [0.25, 0.3) is 0 Å². The highest BCUT2D eigenvalue weighted by molar-refractivity contribution is 5.97. The second-order valence-electron chi connectivity index (χ2n) is 10.8. The number of benzene rings is 2. The number of para-hydroxylation sites is 1. The lowest BCUT2D eigenvalue weighted by Gasteiger charge is -2.28. The number of hydrogen-bond donors (Lipinski definition) is 2. The van der Waals surface area contributed by atoms with Crippen LogP contribution in [0.5, 0.6) is 11.5 Å². The molecule has 39 heavy (non-hydrogen) atoms. The van der Waals surface area contributed by atoms with Crippen LogP contribution < -0.4 is 14.8 Å². The molecule has 1 fully saturated rings. The lowest BCUT2D eigenvalue weighted by molar-refractivity contribution is -0.120. The third-order valence-electron chi connectivity index (χ3n) is 7.99. The van der Waals surface area contributed by atoms with E-state index in [2.05, 4.69) is 15.6 Å². The second-order valence-corrected chi connectivity index (χ2v) is 10.8. The minimum Gasteiger partial charge on any atom is -0.495 e. The van der Waals surface area contributed by atoms with E-state index in [1.807, 2.05) is 25.1 Å². The Bertz CT molecular complexity index is 1310. The van der Waals surface area contributed by atoms with Gasteiger partial charge in [0.05, 0.1) is 37.8 Å². The van der Waals surface area contributed by atoms with Gasteiger partial charge in [-0.15, -0.1) is 5.10 Å². The van der Waals surface area contributed by atoms with Crippen molar-refractivity contribution in [1.82, 2.24) is 15.0 Å². The van der Waals surface area contributed by atoms with Gasteiger partial charge >= 0.3 is 0 Å². The second kappa shape index (κ2) is 11.7. The number of ether oxygens (including phenoxy) is 2. The molecule has 0 bridgehead atoms. The number of nitrogens with zero attached hydrogens (tertiary/aromatic N) is 3. The quantitative estimate of drug-likeness (QED) is 0.297. The van der Waals surface area contributed by atoms with Crippen molar-refractivity contribution >= 4 is 11.6 Å². The molecule has 8 nitrogen and oxygen atoms in total. The van der Waals surface area contributed by atoms with E-state index in [4.69, 9.17) is 9.47 Å². The molecule has 208 valence electrons. The molecule has 1 amide bonds. The summed E-state index contributed by atoms with van der Waals surface area (Å²) in [6.07, 6.45) is 8.32. The van der Waals surface area contributed by atoms with E-state index in [0.29, 0.717) is 36.7 Å². The molecule has 2 heterocycles. The summed E-state index contributed by atoms with van der Waals surface area (Å²) in [6, 6.07) is 10.4. The number of rotatable bonds is 13. The molecule has 0 saturated heterocycles. The molecule has 1 aromatic heterocycles. The average Bonchev–Trinajstić information content (AvgIpc) is 3.68. The number of aliphatic hydroxyl groups is 1. The van der Waals surface area contributed by atoms with Crippen LogP contribution in [0.3, 0.4) is 0 Å². The number of methoxy groups -OCH3 is 1. The summed E-state index contributed by atoms with van der Waals surface area (Å²) in [5, 5.41) is 22.9. The van der Waals surface area contributed by atoms with E-state index in [-0.39, 0.29) is 24.1 Å². The first-order valence-electron chi connectivity index (χ1n) is 13.9. The first-order valence-corrected chi connectivity index (χ1v) is 13.9. The summed E-state index contributed by atoms with van der Waals surface area (Å²) < 4.78 is 27.2. The Balaban J connectivity index is 1.17. The molecule has 1 aliphatic heterocycles. The summed E-state index contributed by atoms with van der Waals surface area (Å²) in [5.74, 6) is 0.906. The van der Waals surface area contributed by atoms with Crippen molar-refractivity contribution in [2.75, 3.05) is 19.0 Å². The standard InChI is InChI=1S/C30H37FN4O4/c1-3-30(37,23-13-14-25(31)27(16-23)39-18-20-11-12-20)19-35-24(17-32-34-35)9-5-4-7-22-15-21-8-6-10-26(38-2)28(21)33-29(22)36/h6,8,10,13-14,16-17,20,22,37H,3-5,7,9,11-12,15,18-19H2,1-2H3,(H,33,36)/t22?,30-/m1/s1. The number of nitrogens with one attached hydrogen (secondary N) is 1. The van der Waals surface area contributed by atoms with Gasteiger partial charge in [-0.25, -0.2) is 9.07 Å². The lowest BCUT2D eigenvalue weighted by atomic mass is 9.88. The van der Waals surface area contributed by atoms with Crippen molar-refractivity contribution in [2.24, 2.45) is 11.8 Å². The zero-order chi connectivity index (χ0) is 27.4. The Hall–Kier alpha value is -3.46. The minimum atomic E-state index is -1.25. The molecule has 3 aromatic rings. The molecular weight excluding hydrogens is 499 g/mol. The normalized spacial score (nSPS) is 18.3. The van der Waals surface area contributed by atoms with Crippen LogP contribution in [0.1, 0.15) is 62.3 Å². The fourth-order valence-corrected chi connectivity index (χ4v) is 5.23. The largest absolute Gasteiger partial charge is 0.495 e. The Morgan fingerprint density at radius 3 is 2.82 bits per heavy atom. The van der Waals surface area contributed by atoms with Crippen LogP contribution in [0.25, 0.3) is 0 Å². The van der Waals surface area contributed by atoms with E-state index in [1.165, 1.54) is 6.07 Å². The summed E-state index contributed by atoms with van der Waals surface area (Å²) >= 11 is 0. The number of fused-ring (bicyclic) bond motifs is 1. The highest BCUT2D eigenvalue weighted by Crippen LogP contribution is 2.36. The molecular formula is C30H37FN4O4. The molecule has 9 heteroatoms. The van der Waals surface area contributed by atoms with Crippen LogP contribution in [0, 0.1) is 17.7 Å². The Labute approximate surface area is 228 Å². The zero-order valence-corrected chi connectivity index (χ0v) is 22.7. The lowest BCUT2D eigenvalue weighted by Crippen LogP contribution is -2.32. The summed E-state index contributed by atoms with van der Waals surface area (Å²) in [7, 11) is 1.61. The summed E-state index contributed by atoms with van der Waals surface area (Å²) in [5.41, 5.74) is 2.14. The number of unbranched alkanes of at least 4 members (excludes halogenated alkanes) is 1. The van der Waals surface area contributed by atoms with Crippen molar-refractivity contribution in [1.29, 1.82) is 0 Å². The molecule has 2 N–H and O–H groups in total. The topological polar surface area (TPSA) is 98.5 Å². The third kappa shape index (κ3) is 6.24. The van der Waals surface area contributed by atoms with Crippen molar-refractivity contribution < 1.29 is 23.8 Å². The van der Waals surface area contributed by atoms with Gasteiger partial charge in [0.2, 0.25) is 5.91 Å². The predicted octanol–water partition coefficient (Wildman–Crippen LogP) is 5.04. The van der Waals surface area contributed by atoms with Gasteiger partial charge in [-0.05, 0) is 80.2 Å². The monoisotopic (exact) mass is 536 g/mol. The molecule has 1 unspecified atom stereocenters. The number of aryl methyl sites for hydroxylation is 1. The molecule has 2 aromatic carbocycles. The van der Waals surface area contributed by atoms with Crippen LogP contribution in [0.15, 0.2) is 42.6 Å². The van der Waals surface area contributed by atoms with Crippen LogP contribution >= 0.6 is 0 Å². The molecule has 0 radical (unpaired) electrons. The highest BCUT2D eigenvalue weighted by Gasteiger charge is 2.31. The first-order chi connectivity index (χ1) is 18.9. The number of carbonyl (C=O) groups excluding carboxylic acids is 1. The van der Waals surface area contributed by atoms with E-state index >= 15 is 0 Å². The number of anilines is 1. The Morgan fingerprint density at radius 1 is 1.21 bits per heavy atom. The minimum absolute atomic E-state index is 0.0338. The van der Waals surface area contributed by atoms with Crippen LogP contribution in [0.2, 0.25) is 0 Å². The molecule has 0 spiro atoms. The van der Waals surface area contributed by atoms with Gasteiger partial charge in [-0.1, -0.05) is 36.8 Å². The van der Waals surface area contributed by atoms with Crippen molar-refractivity contribution in [2.45, 2.75) is 70.4 Å². The van der Waals surface area contributed by atoms with Gasteiger partial charge in [0, 0.05) is 5.92 Å². The van der Waals surface area contributed by atoms with Crippen LogP contribution in [-0.4, -0.2) is 39.7 Å². The van der Waals surface area contributed by atoms with Crippen molar-refractivity contribution in [3.63, 3.8) is 0 Å². The third-order valence-corrected chi connectivity index (χ3v) is 7.99. The fourth-order valence-electron chi connectivity index (χ4n) is 5.23. The number of amides is 1. The van der Waals surface area contributed by atoms with Gasteiger partial charge in [-0.2, -0.15) is 0 Å². The van der Waals surface area contributed by atoms with Crippen LogP contribution in [-0.2, 0) is 29.8 Å². The predicted molar refractivity (Wildman–Crippen MR) is 145 cm³/mol. The maximum atomic E-state index is 14.3.